The number of para-hydroxylation sites is 1. The molecule has 22 heavy (non-hydrogen) atoms. The van der Waals surface area contributed by atoms with Crippen LogP contribution < -0.4 is 5.43 Å². The van der Waals surface area contributed by atoms with Crippen molar-refractivity contribution in [2.75, 3.05) is 0 Å². The molecular formula is C14H12ClN5OS. The number of hydrogen-bond acceptors (Lipinski definition) is 5. The van der Waals surface area contributed by atoms with Gasteiger partial charge in [-0.2, -0.15) is 5.10 Å². The number of benzene rings is 1. The van der Waals surface area contributed by atoms with E-state index in [0.29, 0.717) is 10.0 Å². The summed E-state index contributed by atoms with van der Waals surface area (Å²) in [4.78, 5) is 12.9. The highest BCUT2D eigenvalue weighted by atomic mass is 35.5. The van der Waals surface area contributed by atoms with E-state index in [1.54, 1.807) is 6.07 Å². The first kappa shape index (κ1) is 14.7. The largest absolute Gasteiger partial charge is 0.271 e. The third-order valence-electron chi connectivity index (χ3n) is 2.99. The van der Waals surface area contributed by atoms with Gasteiger partial charge in [-0.25, -0.2) is 10.1 Å². The minimum Gasteiger partial charge on any atom is -0.271 e. The molecule has 0 fully saturated rings. The van der Waals surface area contributed by atoms with Gasteiger partial charge in [0.15, 0.2) is 0 Å². The summed E-state index contributed by atoms with van der Waals surface area (Å²) in [6.45, 7) is 1.87. The molecule has 112 valence electrons. The Morgan fingerprint density at radius 2 is 2.18 bits per heavy atom. The quantitative estimate of drug-likeness (QED) is 0.589. The van der Waals surface area contributed by atoms with Gasteiger partial charge in [-0.15, -0.1) is 16.4 Å². The fourth-order valence-electron chi connectivity index (χ4n) is 1.92. The number of thiophene rings is 1. The zero-order valence-electron chi connectivity index (χ0n) is 11.7. The molecule has 0 aliphatic carbocycles. The highest BCUT2D eigenvalue weighted by molar-refractivity contribution is 7.18. The Morgan fingerprint density at radius 3 is 2.95 bits per heavy atom. The standard InChI is InChI=1S/C14H12ClN5OS/c1-9(12-6-7-13(15)22-12)16-18-14(21)8-20-11-5-3-2-4-10(11)17-19-20/h2-7H,8H2,1H3,(H,18,21)/b16-9+. The molecule has 0 saturated heterocycles. The summed E-state index contributed by atoms with van der Waals surface area (Å²) in [5.74, 6) is -0.266. The molecule has 1 N–H and O–H groups in total. The summed E-state index contributed by atoms with van der Waals surface area (Å²) in [6, 6.07) is 11.1. The maximum Gasteiger partial charge on any atom is 0.261 e. The van der Waals surface area contributed by atoms with E-state index in [2.05, 4.69) is 20.8 Å². The lowest BCUT2D eigenvalue weighted by Gasteiger charge is -2.02. The summed E-state index contributed by atoms with van der Waals surface area (Å²) in [6.07, 6.45) is 0. The fraction of sp³-hybridized carbons (Fsp3) is 0.143. The molecule has 1 amide bonds. The number of nitrogens with zero attached hydrogens (tertiary/aromatic N) is 4. The van der Waals surface area contributed by atoms with Crippen molar-refractivity contribution in [3.8, 4) is 0 Å². The second-order valence-electron chi connectivity index (χ2n) is 4.57. The number of halogens is 1. The van der Waals surface area contributed by atoms with Crippen LogP contribution in [0.4, 0.5) is 0 Å². The number of rotatable bonds is 4. The zero-order valence-corrected chi connectivity index (χ0v) is 13.2. The van der Waals surface area contributed by atoms with Crippen molar-refractivity contribution >= 4 is 45.6 Å². The SMILES string of the molecule is C/C(=N\NC(=O)Cn1nnc2ccccc21)c1ccc(Cl)s1. The average molecular weight is 334 g/mol. The summed E-state index contributed by atoms with van der Waals surface area (Å²) >= 11 is 7.29. The Labute approximate surface area is 135 Å². The molecule has 3 aromatic rings. The number of aromatic nitrogens is 3. The first-order valence-electron chi connectivity index (χ1n) is 6.50. The van der Waals surface area contributed by atoms with Gasteiger partial charge in [0.05, 0.1) is 20.4 Å². The molecule has 2 heterocycles. The van der Waals surface area contributed by atoms with E-state index in [-0.39, 0.29) is 12.5 Å². The monoisotopic (exact) mass is 333 g/mol. The van der Waals surface area contributed by atoms with Crippen LogP contribution in [-0.2, 0) is 11.3 Å². The number of fused-ring (bicyclic) bond motifs is 1. The molecular weight excluding hydrogens is 322 g/mol. The fourth-order valence-corrected chi connectivity index (χ4v) is 2.90. The first-order chi connectivity index (χ1) is 10.6. The van der Waals surface area contributed by atoms with Crippen molar-refractivity contribution in [2.45, 2.75) is 13.5 Å². The highest BCUT2D eigenvalue weighted by Gasteiger charge is 2.08. The summed E-state index contributed by atoms with van der Waals surface area (Å²) in [7, 11) is 0. The van der Waals surface area contributed by atoms with E-state index in [1.807, 2.05) is 37.3 Å². The maximum atomic E-state index is 12.0. The molecule has 0 spiro atoms. The van der Waals surface area contributed by atoms with E-state index in [9.17, 15) is 4.79 Å². The second-order valence-corrected chi connectivity index (χ2v) is 6.29. The normalized spacial score (nSPS) is 11.8. The molecule has 0 aliphatic rings. The zero-order chi connectivity index (χ0) is 15.5. The average Bonchev–Trinajstić information content (AvgIpc) is 3.12. The summed E-state index contributed by atoms with van der Waals surface area (Å²) in [5.41, 5.74) is 4.78. The minimum absolute atomic E-state index is 0.0580. The smallest absolute Gasteiger partial charge is 0.261 e. The minimum atomic E-state index is -0.266. The van der Waals surface area contributed by atoms with Gasteiger partial charge in [-0.3, -0.25) is 4.79 Å². The van der Waals surface area contributed by atoms with Gasteiger partial charge in [-0.1, -0.05) is 28.9 Å². The van der Waals surface area contributed by atoms with Crippen LogP contribution in [-0.4, -0.2) is 26.6 Å². The highest BCUT2D eigenvalue weighted by Crippen LogP contribution is 2.21. The van der Waals surface area contributed by atoms with Gasteiger partial charge in [0.1, 0.15) is 12.1 Å². The molecule has 6 nitrogen and oxygen atoms in total. The number of carbonyl (C=O) groups excluding carboxylic acids is 1. The van der Waals surface area contributed by atoms with Crippen molar-refractivity contribution in [1.82, 2.24) is 20.4 Å². The van der Waals surface area contributed by atoms with Crippen molar-refractivity contribution < 1.29 is 4.79 Å². The van der Waals surface area contributed by atoms with Crippen LogP contribution >= 0.6 is 22.9 Å². The van der Waals surface area contributed by atoms with Crippen LogP contribution in [0.15, 0.2) is 41.5 Å². The van der Waals surface area contributed by atoms with Crippen molar-refractivity contribution in [2.24, 2.45) is 5.10 Å². The molecule has 0 radical (unpaired) electrons. The molecule has 0 unspecified atom stereocenters. The number of nitrogens with one attached hydrogen (secondary N) is 1. The molecule has 0 bridgehead atoms. The molecule has 8 heteroatoms. The Morgan fingerprint density at radius 1 is 1.36 bits per heavy atom. The predicted molar refractivity (Wildman–Crippen MR) is 87.2 cm³/mol. The Bertz CT molecular complexity index is 854. The maximum absolute atomic E-state index is 12.0. The number of amides is 1. The lowest BCUT2D eigenvalue weighted by Crippen LogP contribution is -2.24. The number of carbonyl (C=O) groups is 1. The number of hydrazone groups is 1. The third kappa shape index (κ3) is 3.15. The van der Waals surface area contributed by atoms with E-state index < -0.39 is 0 Å². The first-order valence-corrected chi connectivity index (χ1v) is 7.70. The van der Waals surface area contributed by atoms with Gasteiger partial charge in [-0.05, 0) is 31.2 Å². The van der Waals surface area contributed by atoms with Crippen LogP contribution in [0, 0.1) is 0 Å². The molecule has 2 aromatic heterocycles. The van der Waals surface area contributed by atoms with Crippen LogP contribution in [0.1, 0.15) is 11.8 Å². The van der Waals surface area contributed by atoms with Gasteiger partial charge >= 0.3 is 0 Å². The van der Waals surface area contributed by atoms with Gasteiger partial charge in [0, 0.05) is 0 Å². The summed E-state index contributed by atoms with van der Waals surface area (Å²) < 4.78 is 2.22. The molecule has 0 saturated carbocycles. The molecule has 3 rings (SSSR count). The van der Waals surface area contributed by atoms with Crippen molar-refractivity contribution in [1.29, 1.82) is 0 Å². The molecule has 1 aromatic carbocycles. The lowest BCUT2D eigenvalue weighted by atomic mass is 10.3. The Kier molecular flexibility index (Phi) is 4.17. The van der Waals surface area contributed by atoms with Gasteiger partial charge < -0.3 is 0 Å². The van der Waals surface area contributed by atoms with E-state index in [4.69, 9.17) is 11.6 Å². The van der Waals surface area contributed by atoms with E-state index >= 15 is 0 Å². The van der Waals surface area contributed by atoms with Crippen LogP contribution in [0.25, 0.3) is 11.0 Å². The van der Waals surface area contributed by atoms with Crippen LogP contribution in [0.3, 0.4) is 0 Å². The Balaban J connectivity index is 1.68. The number of hydrogen-bond donors (Lipinski definition) is 1. The van der Waals surface area contributed by atoms with Crippen LogP contribution in [0.2, 0.25) is 4.34 Å². The Hall–Kier alpha value is -2.25. The van der Waals surface area contributed by atoms with E-state index in [0.717, 1.165) is 15.9 Å². The topological polar surface area (TPSA) is 72.2 Å². The van der Waals surface area contributed by atoms with Crippen molar-refractivity contribution in [3.63, 3.8) is 0 Å². The van der Waals surface area contributed by atoms with Crippen LogP contribution in [0.5, 0.6) is 0 Å². The van der Waals surface area contributed by atoms with E-state index in [1.165, 1.54) is 16.0 Å². The van der Waals surface area contributed by atoms with Crippen molar-refractivity contribution in [3.05, 3.63) is 45.6 Å². The predicted octanol–water partition coefficient (Wildman–Crippen LogP) is 2.69. The lowest BCUT2D eigenvalue weighted by molar-refractivity contribution is -0.121. The molecule has 0 atom stereocenters. The summed E-state index contributed by atoms with van der Waals surface area (Å²) in [5, 5.41) is 12.0. The van der Waals surface area contributed by atoms with Gasteiger partial charge in [0.25, 0.3) is 5.91 Å². The molecule has 0 aliphatic heterocycles. The second kappa shape index (κ2) is 6.25. The van der Waals surface area contributed by atoms with Gasteiger partial charge in [0.2, 0.25) is 0 Å². The third-order valence-corrected chi connectivity index (χ3v) is 4.33.